The third-order valence-electron chi connectivity index (χ3n) is 6.59. The van der Waals surface area contributed by atoms with Crippen molar-refractivity contribution in [3.8, 4) is 28.6 Å². The molecule has 1 aliphatic rings. The predicted molar refractivity (Wildman–Crippen MR) is 157 cm³/mol. The minimum absolute atomic E-state index is 0.0528. The number of aromatic nitrogens is 4. The van der Waals surface area contributed by atoms with E-state index in [1.807, 2.05) is 94.9 Å². The minimum Gasteiger partial charge on any atom is -0.457 e. The number of fused-ring (bicyclic) bond motifs is 1. The fourth-order valence-corrected chi connectivity index (χ4v) is 4.96. The van der Waals surface area contributed by atoms with Gasteiger partial charge in [-0.1, -0.05) is 30.3 Å². The second kappa shape index (κ2) is 10.3. The number of para-hydroxylation sites is 1. The third-order valence-corrected chi connectivity index (χ3v) is 7.27. The number of imidazole rings is 1. The normalized spacial score (nSPS) is 12.8. The SMILES string of the molecule is O=C(NC1CC1)c1ccc(-c2nc(Nc3ccc(Oc4ccccc4)cc3)c3ncn(-c4ccsc4)c3n2)cc1. The average Bonchev–Trinajstić information content (AvgIpc) is 3.44. The highest BCUT2D eigenvalue weighted by Gasteiger charge is 2.24. The van der Waals surface area contributed by atoms with Gasteiger partial charge in [0.15, 0.2) is 22.8 Å². The van der Waals surface area contributed by atoms with Gasteiger partial charge in [0.25, 0.3) is 5.91 Å². The lowest BCUT2D eigenvalue weighted by Crippen LogP contribution is -2.25. The number of carbonyl (C=O) groups is 1. The van der Waals surface area contributed by atoms with E-state index in [4.69, 9.17) is 14.7 Å². The number of amides is 1. The van der Waals surface area contributed by atoms with Crippen LogP contribution >= 0.6 is 11.3 Å². The Morgan fingerprint density at radius 2 is 1.68 bits per heavy atom. The molecule has 0 spiro atoms. The number of anilines is 2. The minimum atomic E-state index is -0.0528. The molecule has 1 aliphatic carbocycles. The molecular formula is C31H24N6O2S. The molecule has 9 heteroatoms. The molecule has 7 rings (SSSR count). The second-order valence-electron chi connectivity index (χ2n) is 9.55. The van der Waals surface area contributed by atoms with Crippen LogP contribution in [0.4, 0.5) is 11.5 Å². The molecule has 0 radical (unpaired) electrons. The summed E-state index contributed by atoms with van der Waals surface area (Å²) >= 11 is 1.61. The van der Waals surface area contributed by atoms with E-state index in [2.05, 4.69) is 21.0 Å². The number of rotatable bonds is 8. The molecule has 2 N–H and O–H groups in total. The number of hydrogen-bond acceptors (Lipinski definition) is 7. The van der Waals surface area contributed by atoms with Crippen molar-refractivity contribution in [3.63, 3.8) is 0 Å². The number of benzene rings is 3. The first-order chi connectivity index (χ1) is 19.7. The Bertz CT molecular complexity index is 1780. The largest absolute Gasteiger partial charge is 0.457 e. The van der Waals surface area contributed by atoms with Gasteiger partial charge in [0.2, 0.25) is 0 Å². The van der Waals surface area contributed by atoms with E-state index in [9.17, 15) is 4.79 Å². The first-order valence-electron chi connectivity index (χ1n) is 13.0. The van der Waals surface area contributed by atoms with E-state index in [0.29, 0.717) is 34.4 Å². The number of ether oxygens (including phenoxy) is 1. The van der Waals surface area contributed by atoms with Gasteiger partial charge in [-0.25, -0.2) is 15.0 Å². The molecule has 6 aromatic rings. The Kier molecular flexibility index (Phi) is 6.18. The zero-order chi connectivity index (χ0) is 26.9. The van der Waals surface area contributed by atoms with Crippen molar-refractivity contribution in [1.29, 1.82) is 0 Å². The van der Waals surface area contributed by atoms with Gasteiger partial charge in [-0.05, 0) is 72.8 Å². The van der Waals surface area contributed by atoms with Crippen molar-refractivity contribution in [1.82, 2.24) is 24.8 Å². The molecule has 0 bridgehead atoms. The molecule has 196 valence electrons. The molecule has 1 saturated carbocycles. The van der Waals surface area contributed by atoms with Gasteiger partial charge in [-0.2, -0.15) is 11.3 Å². The highest BCUT2D eigenvalue weighted by molar-refractivity contribution is 7.08. The zero-order valence-electron chi connectivity index (χ0n) is 21.3. The van der Waals surface area contributed by atoms with Crippen LogP contribution in [0.25, 0.3) is 28.2 Å². The number of hydrogen-bond donors (Lipinski definition) is 2. The number of thiophene rings is 1. The smallest absolute Gasteiger partial charge is 0.251 e. The molecule has 8 nitrogen and oxygen atoms in total. The van der Waals surface area contributed by atoms with Crippen LogP contribution in [-0.2, 0) is 0 Å². The highest BCUT2D eigenvalue weighted by Crippen LogP contribution is 2.30. The van der Waals surface area contributed by atoms with Gasteiger partial charge in [0.1, 0.15) is 17.8 Å². The maximum absolute atomic E-state index is 12.5. The van der Waals surface area contributed by atoms with Crippen LogP contribution in [0.5, 0.6) is 11.5 Å². The molecule has 0 unspecified atom stereocenters. The monoisotopic (exact) mass is 544 g/mol. The van der Waals surface area contributed by atoms with Crippen molar-refractivity contribution in [2.75, 3.05) is 5.32 Å². The molecule has 0 aliphatic heterocycles. The van der Waals surface area contributed by atoms with Gasteiger partial charge in [0, 0.05) is 28.2 Å². The van der Waals surface area contributed by atoms with E-state index >= 15 is 0 Å². The van der Waals surface area contributed by atoms with Crippen molar-refractivity contribution < 1.29 is 9.53 Å². The van der Waals surface area contributed by atoms with Gasteiger partial charge >= 0.3 is 0 Å². The van der Waals surface area contributed by atoms with Crippen LogP contribution in [0.1, 0.15) is 23.2 Å². The van der Waals surface area contributed by atoms with Crippen molar-refractivity contribution in [2.45, 2.75) is 18.9 Å². The summed E-state index contributed by atoms with van der Waals surface area (Å²) in [6.07, 6.45) is 3.86. The van der Waals surface area contributed by atoms with Crippen LogP contribution in [0, 0.1) is 0 Å². The van der Waals surface area contributed by atoms with Crippen molar-refractivity contribution in [2.24, 2.45) is 0 Å². The quantitative estimate of drug-likeness (QED) is 0.215. The lowest BCUT2D eigenvalue weighted by Gasteiger charge is -2.11. The summed E-state index contributed by atoms with van der Waals surface area (Å²) in [6, 6.07) is 27.1. The summed E-state index contributed by atoms with van der Waals surface area (Å²) in [7, 11) is 0. The Morgan fingerprint density at radius 3 is 2.40 bits per heavy atom. The molecule has 3 heterocycles. The molecule has 40 heavy (non-hydrogen) atoms. The highest BCUT2D eigenvalue weighted by atomic mass is 32.1. The zero-order valence-corrected chi connectivity index (χ0v) is 22.1. The fraction of sp³-hybridized carbons (Fsp3) is 0.0968. The number of carbonyl (C=O) groups excluding carboxylic acids is 1. The number of nitrogens with one attached hydrogen (secondary N) is 2. The van der Waals surface area contributed by atoms with Gasteiger partial charge in [0.05, 0.1) is 5.69 Å². The van der Waals surface area contributed by atoms with Crippen LogP contribution in [0.3, 0.4) is 0 Å². The van der Waals surface area contributed by atoms with Gasteiger partial charge in [-0.15, -0.1) is 0 Å². The van der Waals surface area contributed by atoms with Crippen LogP contribution < -0.4 is 15.4 Å². The molecule has 0 atom stereocenters. The molecular weight excluding hydrogens is 520 g/mol. The molecule has 1 amide bonds. The summed E-state index contributed by atoms with van der Waals surface area (Å²) < 4.78 is 7.88. The summed E-state index contributed by atoms with van der Waals surface area (Å²) in [5, 5.41) is 10.5. The third kappa shape index (κ3) is 5.02. The van der Waals surface area contributed by atoms with E-state index in [0.717, 1.165) is 41.3 Å². The topological polar surface area (TPSA) is 94.0 Å². The lowest BCUT2D eigenvalue weighted by atomic mass is 10.1. The average molecular weight is 545 g/mol. The van der Waals surface area contributed by atoms with Crippen LogP contribution in [0.15, 0.2) is 102 Å². The molecule has 1 fully saturated rings. The fourth-order valence-electron chi connectivity index (χ4n) is 4.33. The van der Waals surface area contributed by atoms with E-state index < -0.39 is 0 Å². The first kappa shape index (κ1) is 24.1. The predicted octanol–water partition coefficient (Wildman–Crippen LogP) is 6.97. The molecule has 3 aromatic heterocycles. The van der Waals surface area contributed by atoms with Crippen molar-refractivity contribution in [3.05, 3.63) is 108 Å². The standard InChI is InChI=1S/C31H24N6O2S/c38-31(34-23-10-11-23)21-8-6-20(7-9-21)28-35-29(27-30(36-28)37(19-32-27)24-16-17-40-18-24)33-22-12-14-26(15-13-22)39-25-4-2-1-3-5-25/h1-9,12-19,23H,10-11H2,(H,34,38)(H,33,35,36). The van der Waals surface area contributed by atoms with E-state index in [1.165, 1.54) is 0 Å². The van der Waals surface area contributed by atoms with E-state index in [1.54, 1.807) is 17.7 Å². The molecule has 3 aromatic carbocycles. The Hall–Kier alpha value is -5.02. The maximum Gasteiger partial charge on any atom is 0.251 e. The van der Waals surface area contributed by atoms with Gasteiger partial charge in [-0.3, -0.25) is 9.36 Å². The first-order valence-corrected chi connectivity index (χ1v) is 13.9. The number of nitrogens with zero attached hydrogens (tertiary/aromatic N) is 4. The van der Waals surface area contributed by atoms with E-state index in [-0.39, 0.29) is 5.91 Å². The Labute approximate surface area is 234 Å². The summed E-state index contributed by atoms with van der Waals surface area (Å²) in [5.41, 5.74) is 4.58. The van der Waals surface area contributed by atoms with Gasteiger partial charge < -0.3 is 15.4 Å². The molecule has 0 saturated heterocycles. The van der Waals surface area contributed by atoms with Crippen LogP contribution in [0.2, 0.25) is 0 Å². The summed E-state index contributed by atoms with van der Waals surface area (Å²) in [5.74, 6) is 2.58. The van der Waals surface area contributed by atoms with Crippen LogP contribution in [-0.4, -0.2) is 31.5 Å². The Balaban J connectivity index is 1.22. The maximum atomic E-state index is 12.5. The lowest BCUT2D eigenvalue weighted by molar-refractivity contribution is 0.0951. The van der Waals surface area contributed by atoms with Crippen molar-refractivity contribution >= 4 is 39.9 Å². The summed E-state index contributed by atoms with van der Waals surface area (Å²) in [6.45, 7) is 0. The Morgan fingerprint density at radius 1 is 0.900 bits per heavy atom. The second-order valence-corrected chi connectivity index (χ2v) is 10.3. The summed E-state index contributed by atoms with van der Waals surface area (Å²) in [4.78, 5) is 26.9.